The van der Waals surface area contributed by atoms with Gasteiger partial charge in [0.2, 0.25) is 0 Å². The highest BCUT2D eigenvalue weighted by molar-refractivity contribution is 6.10. The summed E-state index contributed by atoms with van der Waals surface area (Å²) < 4.78 is 19.2. The van der Waals surface area contributed by atoms with Gasteiger partial charge >= 0.3 is 0 Å². The van der Waals surface area contributed by atoms with Crippen molar-refractivity contribution in [3.8, 4) is 28.7 Å². The molecule has 0 aliphatic carbocycles. The Labute approximate surface area is 161 Å². The Morgan fingerprint density at radius 3 is 2.71 bits per heavy atom. The quantitative estimate of drug-likeness (QED) is 0.753. The van der Waals surface area contributed by atoms with Crippen LogP contribution in [0.25, 0.3) is 11.1 Å². The third-order valence-corrected chi connectivity index (χ3v) is 4.32. The number of nitrogens with zero attached hydrogens (tertiary/aromatic N) is 2. The number of nitrogens with one attached hydrogen (secondary N) is 2. The molecule has 28 heavy (non-hydrogen) atoms. The van der Waals surface area contributed by atoms with Crippen LogP contribution < -0.4 is 15.4 Å². The molecular formula is C20H19FN4O3. The number of phenols is 1. The third-order valence-electron chi connectivity index (χ3n) is 4.32. The highest BCUT2D eigenvalue weighted by Gasteiger charge is 2.29. The van der Waals surface area contributed by atoms with E-state index in [0.717, 1.165) is 6.07 Å². The van der Waals surface area contributed by atoms with Crippen LogP contribution in [-0.2, 0) is 0 Å². The van der Waals surface area contributed by atoms with Gasteiger partial charge in [0.15, 0.2) is 5.96 Å². The number of aromatic hydroxyl groups is 1. The van der Waals surface area contributed by atoms with E-state index >= 15 is 0 Å². The first-order valence-corrected chi connectivity index (χ1v) is 8.51. The van der Waals surface area contributed by atoms with Crippen LogP contribution >= 0.6 is 0 Å². The Balaban J connectivity index is 2.21. The highest BCUT2D eigenvalue weighted by atomic mass is 19.1. The Morgan fingerprint density at radius 2 is 2.11 bits per heavy atom. The number of nitriles is 1. The van der Waals surface area contributed by atoms with Gasteiger partial charge in [-0.3, -0.25) is 4.79 Å². The number of carbonyl (C=O) groups is 1. The molecule has 2 aromatic carbocycles. The molecule has 1 fully saturated rings. The number of benzene rings is 2. The average Bonchev–Trinajstić information content (AvgIpc) is 2.99. The topological polar surface area (TPSA) is 107 Å². The van der Waals surface area contributed by atoms with Gasteiger partial charge in [0.05, 0.1) is 29.8 Å². The lowest BCUT2D eigenvalue weighted by atomic mass is 9.93. The molecule has 0 aromatic heterocycles. The van der Waals surface area contributed by atoms with Crippen LogP contribution in [0.5, 0.6) is 11.5 Å². The van der Waals surface area contributed by atoms with Crippen molar-refractivity contribution >= 4 is 11.9 Å². The molecule has 0 saturated carbocycles. The molecule has 0 spiro atoms. The van der Waals surface area contributed by atoms with Gasteiger partial charge in [0.1, 0.15) is 17.3 Å². The Kier molecular flexibility index (Phi) is 4.92. The van der Waals surface area contributed by atoms with Gasteiger partial charge in [-0.25, -0.2) is 4.39 Å². The Hall–Kier alpha value is -3.60. The predicted octanol–water partition coefficient (Wildman–Crippen LogP) is 2.55. The number of halogens is 1. The fourth-order valence-electron chi connectivity index (χ4n) is 3.00. The second-order valence-electron chi connectivity index (χ2n) is 6.97. The number of guanidine groups is 1. The molecule has 1 saturated heterocycles. The smallest absolute Gasteiger partial charge is 0.284 e. The minimum Gasteiger partial charge on any atom is -0.507 e. The number of hydrogen-bond acceptors (Lipinski definition) is 4. The van der Waals surface area contributed by atoms with Crippen LogP contribution in [0.3, 0.4) is 0 Å². The van der Waals surface area contributed by atoms with Crippen LogP contribution in [0.1, 0.15) is 29.8 Å². The maximum absolute atomic E-state index is 13.9. The van der Waals surface area contributed by atoms with Gasteiger partial charge in [0.25, 0.3) is 5.91 Å². The molecule has 0 bridgehead atoms. The summed E-state index contributed by atoms with van der Waals surface area (Å²) >= 11 is 0. The summed E-state index contributed by atoms with van der Waals surface area (Å²) in [7, 11) is 1.39. The van der Waals surface area contributed by atoms with E-state index in [-0.39, 0.29) is 45.3 Å². The summed E-state index contributed by atoms with van der Waals surface area (Å²) in [4.78, 5) is 16.9. The molecule has 8 heteroatoms. The molecule has 1 heterocycles. The van der Waals surface area contributed by atoms with Crippen LogP contribution in [-0.4, -0.2) is 36.2 Å². The van der Waals surface area contributed by atoms with Crippen molar-refractivity contribution in [2.24, 2.45) is 4.99 Å². The maximum atomic E-state index is 13.9. The molecule has 7 nitrogen and oxygen atoms in total. The fourth-order valence-corrected chi connectivity index (χ4v) is 3.00. The van der Waals surface area contributed by atoms with Crippen LogP contribution in [0.4, 0.5) is 4.39 Å². The lowest BCUT2D eigenvalue weighted by molar-refractivity contribution is 0.100. The first-order chi connectivity index (χ1) is 13.3. The first-order valence-electron chi connectivity index (χ1n) is 8.51. The van der Waals surface area contributed by atoms with Crippen molar-refractivity contribution in [1.82, 2.24) is 10.6 Å². The lowest BCUT2D eigenvalue weighted by Gasteiger charge is -2.16. The van der Waals surface area contributed by atoms with Gasteiger partial charge in [-0.1, -0.05) is 0 Å². The van der Waals surface area contributed by atoms with Gasteiger partial charge < -0.3 is 20.5 Å². The van der Waals surface area contributed by atoms with Gasteiger partial charge in [-0.15, -0.1) is 0 Å². The van der Waals surface area contributed by atoms with Crippen molar-refractivity contribution in [1.29, 1.82) is 5.26 Å². The Bertz CT molecular complexity index is 1020. The van der Waals surface area contributed by atoms with Gasteiger partial charge in [-0.2, -0.15) is 10.3 Å². The lowest BCUT2D eigenvalue weighted by Crippen LogP contribution is -2.37. The van der Waals surface area contributed by atoms with Crippen molar-refractivity contribution < 1.29 is 19.0 Å². The van der Waals surface area contributed by atoms with E-state index in [9.17, 15) is 19.6 Å². The monoisotopic (exact) mass is 382 g/mol. The predicted molar refractivity (Wildman–Crippen MR) is 102 cm³/mol. The van der Waals surface area contributed by atoms with Gasteiger partial charge in [0, 0.05) is 17.7 Å². The zero-order chi connectivity index (χ0) is 20.5. The minimum absolute atomic E-state index is 0.0606. The largest absolute Gasteiger partial charge is 0.507 e. The summed E-state index contributed by atoms with van der Waals surface area (Å²) in [6.07, 6.45) is 0. The Morgan fingerprint density at radius 1 is 1.36 bits per heavy atom. The number of phenolic OH excluding ortho intramolecular Hbond substituents is 1. The SMILES string of the molecule is COc1ccc(F)cc1-c1c(C#N)ccc(O)c1C(=O)/N=C1/NCC(C)(C)N1. The average molecular weight is 382 g/mol. The normalized spacial score (nSPS) is 16.2. The third kappa shape index (κ3) is 3.60. The number of ether oxygens (including phenoxy) is 1. The fraction of sp³-hybridized carbons (Fsp3) is 0.250. The van der Waals surface area contributed by atoms with Crippen LogP contribution in [0.2, 0.25) is 0 Å². The molecule has 1 amide bonds. The summed E-state index contributed by atoms with van der Waals surface area (Å²) in [5, 5.41) is 25.9. The minimum atomic E-state index is -0.774. The second-order valence-corrected chi connectivity index (χ2v) is 6.97. The van der Waals surface area contributed by atoms with E-state index in [2.05, 4.69) is 15.6 Å². The van der Waals surface area contributed by atoms with Crippen molar-refractivity contribution in [2.75, 3.05) is 13.7 Å². The molecule has 3 N–H and O–H groups in total. The van der Waals surface area contributed by atoms with Crippen molar-refractivity contribution in [3.63, 3.8) is 0 Å². The van der Waals surface area contributed by atoms with Crippen LogP contribution in [0.15, 0.2) is 35.3 Å². The molecule has 1 aliphatic heterocycles. The maximum Gasteiger partial charge on any atom is 0.284 e. The standard InChI is InChI=1S/C20H19FN4O3/c1-20(2)10-23-19(25-20)24-18(27)17-14(26)6-4-11(9-22)16(17)13-8-12(21)5-7-15(13)28-3/h4-8,26H,10H2,1-3H3,(H2,23,24,25,27). The number of aliphatic imine (C=N–C) groups is 1. The first kappa shape index (κ1) is 19.2. The van der Waals surface area contributed by atoms with E-state index in [1.165, 1.54) is 31.4 Å². The van der Waals surface area contributed by atoms with Gasteiger partial charge in [-0.05, 0) is 44.2 Å². The molecule has 3 rings (SSSR count). The van der Waals surface area contributed by atoms with Crippen molar-refractivity contribution in [2.45, 2.75) is 19.4 Å². The van der Waals surface area contributed by atoms with E-state index in [4.69, 9.17) is 4.74 Å². The molecule has 0 unspecified atom stereocenters. The zero-order valence-corrected chi connectivity index (χ0v) is 15.6. The number of carbonyl (C=O) groups excluding carboxylic acids is 1. The molecule has 2 aromatic rings. The van der Waals surface area contributed by atoms with E-state index < -0.39 is 11.7 Å². The number of hydrogen-bond donors (Lipinski definition) is 3. The molecule has 0 radical (unpaired) electrons. The number of amides is 1. The van der Waals surface area contributed by atoms with E-state index in [1.54, 1.807) is 0 Å². The van der Waals surface area contributed by atoms with E-state index in [0.29, 0.717) is 6.54 Å². The van der Waals surface area contributed by atoms with E-state index in [1.807, 2.05) is 19.9 Å². The highest BCUT2D eigenvalue weighted by Crippen LogP contribution is 2.39. The van der Waals surface area contributed by atoms with Crippen LogP contribution in [0, 0.1) is 17.1 Å². The molecule has 1 aliphatic rings. The summed E-state index contributed by atoms with van der Waals surface area (Å²) in [6.45, 7) is 4.43. The number of rotatable bonds is 3. The zero-order valence-electron chi connectivity index (χ0n) is 15.6. The van der Waals surface area contributed by atoms with Crippen molar-refractivity contribution in [3.05, 3.63) is 47.3 Å². The second kappa shape index (κ2) is 7.19. The molecule has 0 atom stereocenters. The summed E-state index contributed by atoms with van der Waals surface area (Å²) in [5.41, 5.74) is -0.178. The molecular weight excluding hydrogens is 363 g/mol. The number of methoxy groups -OCH3 is 1. The molecule has 144 valence electrons. The summed E-state index contributed by atoms with van der Waals surface area (Å²) in [6, 6.07) is 8.30. The summed E-state index contributed by atoms with van der Waals surface area (Å²) in [5.74, 6) is -1.21.